The third-order valence-electron chi connectivity index (χ3n) is 2.56. The molecule has 0 bridgehead atoms. The van der Waals surface area contributed by atoms with E-state index in [4.69, 9.17) is 16.7 Å². The van der Waals surface area contributed by atoms with Crippen LogP contribution in [0, 0.1) is 29.1 Å². The van der Waals surface area contributed by atoms with Gasteiger partial charge in [0.1, 0.15) is 5.15 Å². The molecule has 1 aromatic carbocycles. The lowest BCUT2D eigenvalue weighted by Crippen LogP contribution is -2.06. The van der Waals surface area contributed by atoms with Crippen molar-refractivity contribution in [2.24, 2.45) is 0 Å². The SMILES string of the molecule is OCc1ccc(Cl)nc1-c1c(F)c(F)c(F)c(F)c1F. The number of aliphatic hydroxyl groups excluding tert-OH is 1. The Morgan fingerprint density at radius 3 is 1.90 bits per heavy atom. The number of aliphatic hydroxyl groups is 1. The number of halogens is 6. The lowest BCUT2D eigenvalue weighted by molar-refractivity contribution is 0.282. The Kier molecular flexibility index (Phi) is 3.92. The predicted molar refractivity (Wildman–Crippen MR) is 60.4 cm³/mol. The van der Waals surface area contributed by atoms with E-state index in [2.05, 4.69) is 4.98 Å². The average Bonchev–Trinajstić information content (AvgIpc) is 2.43. The summed E-state index contributed by atoms with van der Waals surface area (Å²) >= 11 is 5.54. The van der Waals surface area contributed by atoms with Crippen molar-refractivity contribution in [2.75, 3.05) is 0 Å². The van der Waals surface area contributed by atoms with Crippen LogP contribution >= 0.6 is 11.6 Å². The van der Waals surface area contributed by atoms with Gasteiger partial charge in [-0.05, 0) is 6.07 Å². The van der Waals surface area contributed by atoms with E-state index >= 15 is 0 Å². The minimum Gasteiger partial charge on any atom is -0.392 e. The van der Waals surface area contributed by atoms with Gasteiger partial charge in [0.25, 0.3) is 0 Å². The summed E-state index contributed by atoms with van der Waals surface area (Å²) < 4.78 is 66.5. The molecule has 1 heterocycles. The first-order valence-electron chi connectivity index (χ1n) is 5.16. The average molecular weight is 310 g/mol. The van der Waals surface area contributed by atoms with Gasteiger partial charge in [0.15, 0.2) is 23.3 Å². The van der Waals surface area contributed by atoms with Crippen LogP contribution in [0.5, 0.6) is 0 Å². The van der Waals surface area contributed by atoms with Gasteiger partial charge in [-0.2, -0.15) is 0 Å². The molecule has 0 unspecified atom stereocenters. The summed E-state index contributed by atoms with van der Waals surface area (Å²) in [6, 6.07) is 2.38. The van der Waals surface area contributed by atoms with Gasteiger partial charge >= 0.3 is 0 Å². The Labute approximate surface area is 114 Å². The van der Waals surface area contributed by atoms with E-state index in [0.717, 1.165) is 0 Å². The Hall–Kier alpha value is -1.73. The zero-order valence-electron chi connectivity index (χ0n) is 9.52. The van der Waals surface area contributed by atoms with Crippen molar-refractivity contribution in [2.45, 2.75) is 6.61 Å². The smallest absolute Gasteiger partial charge is 0.200 e. The molecule has 0 amide bonds. The van der Waals surface area contributed by atoms with Crippen molar-refractivity contribution in [3.8, 4) is 11.3 Å². The van der Waals surface area contributed by atoms with E-state index in [0.29, 0.717) is 0 Å². The lowest BCUT2D eigenvalue weighted by Gasteiger charge is -2.11. The third-order valence-corrected chi connectivity index (χ3v) is 2.77. The Morgan fingerprint density at radius 1 is 0.900 bits per heavy atom. The molecule has 8 heteroatoms. The van der Waals surface area contributed by atoms with Gasteiger partial charge in [-0.15, -0.1) is 0 Å². The number of rotatable bonds is 2. The number of aromatic nitrogens is 1. The van der Waals surface area contributed by atoms with Crippen molar-refractivity contribution in [3.05, 3.63) is 51.9 Å². The Bertz CT molecular complexity index is 663. The molecule has 2 aromatic rings. The quantitative estimate of drug-likeness (QED) is 0.398. The van der Waals surface area contributed by atoms with Gasteiger partial charge in [-0.25, -0.2) is 26.9 Å². The Morgan fingerprint density at radius 2 is 1.40 bits per heavy atom. The molecule has 106 valence electrons. The van der Waals surface area contributed by atoms with Crippen LogP contribution in [0.2, 0.25) is 5.15 Å². The standard InChI is InChI=1S/C12H5ClF5NO/c13-5-2-1-4(3-20)12(19-5)6-7(14)9(16)11(18)10(17)8(6)15/h1-2,20H,3H2. The summed E-state index contributed by atoms with van der Waals surface area (Å²) in [5.41, 5.74) is -1.96. The van der Waals surface area contributed by atoms with Crippen LogP contribution < -0.4 is 0 Å². The number of pyridine rings is 1. The number of hydrogen-bond donors (Lipinski definition) is 1. The highest BCUT2D eigenvalue weighted by Crippen LogP contribution is 2.33. The van der Waals surface area contributed by atoms with Crippen molar-refractivity contribution >= 4 is 11.6 Å². The van der Waals surface area contributed by atoms with Gasteiger partial charge in [0.2, 0.25) is 5.82 Å². The second-order valence-corrected chi connectivity index (χ2v) is 4.13. The molecule has 0 spiro atoms. The zero-order valence-corrected chi connectivity index (χ0v) is 10.3. The van der Waals surface area contributed by atoms with Gasteiger partial charge in [-0.3, -0.25) is 0 Å². The van der Waals surface area contributed by atoms with E-state index in [9.17, 15) is 22.0 Å². The van der Waals surface area contributed by atoms with E-state index in [1.165, 1.54) is 12.1 Å². The summed E-state index contributed by atoms with van der Waals surface area (Å²) in [6.45, 7) is -0.709. The van der Waals surface area contributed by atoms with Crippen molar-refractivity contribution < 1.29 is 27.1 Å². The van der Waals surface area contributed by atoms with E-state index < -0.39 is 47.0 Å². The topological polar surface area (TPSA) is 33.1 Å². The minimum atomic E-state index is -2.27. The fourth-order valence-electron chi connectivity index (χ4n) is 1.62. The molecular formula is C12H5ClF5NO. The molecule has 20 heavy (non-hydrogen) atoms. The maximum atomic E-state index is 13.7. The van der Waals surface area contributed by atoms with Gasteiger partial charge < -0.3 is 5.11 Å². The van der Waals surface area contributed by atoms with Gasteiger partial charge in [0.05, 0.1) is 17.9 Å². The van der Waals surface area contributed by atoms with Crippen LogP contribution in [0.3, 0.4) is 0 Å². The van der Waals surface area contributed by atoms with Crippen LogP contribution in [0.25, 0.3) is 11.3 Å². The van der Waals surface area contributed by atoms with Crippen LogP contribution in [-0.2, 0) is 6.61 Å². The molecular weight excluding hydrogens is 305 g/mol. The number of benzene rings is 1. The van der Waals surface area contributed by atoms with Gasteiger partial charge in [-0.1, -0.05) is 17.7 Å². The first-order valence-corrected chi connectivity index (χ1v) is 5.54. The van der Waals surface area contributed by atoms with Crippen molar-refractivity contribution in [1.82, 2.24) is 4.98 Å². The molecule has 2 nitrogen and oxygen atoms in total. The molecule has 0 aliphatic carbocycles. The first kappa shape index (κ1) is 14.7. The summed E-state index contributed by atoms with van der Waals surface area (Å²) in [7, 11) is 0. The largest absolute Gasteiger partial charge is 0.392 e. The highest BCUT2D eigenvalue weighted by molar-refractivity contribution is 6.29. The minimum absolute atomic E-state index is 0.127. The summed E-state index contributed by atoms with van der Waals surface area (Å²) in [6.07, 6.45) is 0. The molecule has 1 aromatic heterocycles. The van der Waals surface area contributed by atoms with Crippen LogP contribution in [-0.4, -0.2) is 10.1 Å². The highest BCUT2D eigenvalue weighted by atomic mass is 35.5. The molecule has 0 aliphatic rings. The molecule has 0 aliphatic heterocycles. The normalized spacial score (nSPS) is 10.9. The predicted octanol–water partition coefficient (Wildman–Crippen LogP) is 3.59. The van der Waals surface area contributed by atoms with Crippen molar-refractivity contribution in [3.63, 3.8) is 0 Å². The maximum absolute atomic E-state index is 13.7. The van der Waals surface area contributed by atoms with Gasteiger partial charge in [0, 0.05) is 5.56 Å². The molecule has 2 rings (SSSR count). The van der Waals surface area contributed by atoms with Crippen LogP contribution in [0.4, 0.5) is 22.0 Å². The number of nitrogens with zero attached hydrogens (tertiary/aromatic N) is 1. The monoisotopic (exact) mass is 309 g/mol. The maximum Gasteiger partial charge on any atom is 0.200 e. The van der Waals surface area contributed by atoms with Crippen molar-refractivity contribution in [1.29, 1.82) is 0 Å². The van der Waals surface area contributed by atoms with Crippen LogP contribution in [0.1, 0.15) is 5.56 Å². The molecule has 0 atom stereocenters. The molecule has 0 saturated heterocycles. The lowest BCUT2D eigenvalue weighted by atomic mass is 10.0. The summed E-state index contributed by atoms with van der Waals surface area (Å²) in [4.78, 5) is 3.52. The molecule has 0 fully saturated rings. The Balaban J connectivity index is 2.86. The summed E-state index contributed by atoms with van der Waals surface area (Å²) in [5, 5.41) is 8.83. The molecule has 0 saturated carbocycles. The summed E-state index contributed by atoms with van der Waals surface area (Å²) in [5.74, 6) is -10.5. The second-order valence-electron chi connectivity index (χ2n) is 3.74. The van der Waals surface area contributed by atoms with E-state index in [1.807, 2.05) is 0 Å². The fourth-order valence-corrected chi connectivity index (χ4v) is 1.77. The van der Waals surface area contributed by atoms with E-state index in [-0.39, 0.29) is 10.7 Å². The number of hydrogen-bond acceptors (Lipinski definition) is 2. The zero-order chi connectivity index (χ0) is 15.0. The van der Waals surface area contributed by atoms with Crippen LogP contribution in [0.15, 0.2) is 12.1 Å². The second kappa shape index (κ2) is 5.34. The van der Waals surface area contributed by atoms with E-state index in [1.54, 1.807) is 0 Å². The molecule has 0 radical (unpaired) electrons. The molecule has 1 N–H and O–H groups in total. The third kappa shape index (κ3) is 2.23. The highest BCUT2D eigenvalue weighted by Gasteiger charge is 2.28. The fraction of sp³-hybridized carbons (Fsp3) is 0.0833. The first-order chi connectivity index (χ1) is 9.38.